The number of nitrogens with one attached hydrogen (secondary N) is 1. The molecule has 1 amide bonds. The molecule has 0 radical (unpaired) electrons. The number of hydrogen-bond acceptors (Lipinski definition) is 6. The molecule has 1 aliphatic rings. The van der Waals surface area contributed by atoms with E-state index in [1.807, 2.05) is 6.07 Å². The molecule has 1 N–H and O–H groups in total. The highest BCUT2D eigenvalue weighted by Gasteiger charge is 2.27. The lowest BCUT2D eigenvalue weighted by molar-refractivity contribution is -0.130. The van der Waals surface area contributed by atoms with Gasteiger partial charge in [-0.3, -0.25) is 4.79 Å². The maximum atomic E-state index is 12.5. The zero-order chi connectivity index (χ0) is 22.5. The van der Waals surface area contributed by atoms with Gasteiger partial charge in [-0.05, 0) is 42.5 Å². The molecule has 0 fully saturated rings. The van der Waals surface area contributed by atoms with Crippen molar-refractivity contribution < 1.29 is 23.8 Å². The second-order valence-electron chi connectivity index (χ2n) is 6.65. The van der Waals surface area contributed by atoms with Gasteiger partial charge in [0.2, 0.25) is 6.10 Å². The van der Waals surface area contributed by atoms with Crippen molar-refractivity contribution in [1.29, 1.82) is 0 Å². The number of ether oxygens (including phenoxy) is 3. The minimum absolute atomic E-state index is 0.0654. The van der Waals surface area contributed by atoms with Gasteiger partial charge in [0.05, 0.1) is 16.8 Å². The molecule has 1 heterocycles. The van der Waals surface area contributed by atoms with E-state index in [-0.39, 0.29) is 22.9 Å². The summed E-state index contributed by atoms with van der Waals surface area (Å²) in [5.74, 6) is 0.244. The summed E-state index contributed by atoms with van der Waals surface area (Å²) >= 11 is 9.44. The van der Waals surface area contributed by atoms with Crippen LogP contribution in [0, 0.1) is 0 Å². The highest BCUT2D eigenvalue weighted by atomic mass is 79.9. The molecule has 7 nitrogen and oxygen atoms in total. The Morgan fingerprint density at radius 2 is 1.84 bits per heavy atom. The number of carbonyl (C=O) groups is 2. The Kier molecular flexibility index (Phi) is 6.72. The summed E-state index contributed by atoms with van der Waals surface area (Å²) in [5, 5.41) is 4.26. The minimum Gasteiger partial charge on any atom is -0.485 e. The van der Waals surface area contributed by atoms with Gasteiger partial charge in [-0.2, -0.15) is 5.10 Å². The van der Waals surface area contributed by atoms with Crippen LogP contribution in [0.3, 0.4) is 0 Å². The van der Waals surface area contributed by atoms with Crippen molar-refractivity contribution in [3.05, 3.63) is 87.4 Å². The molecule has 0 saturated heterocycles. The Morgan fingerprint density at radius 3 is 2.66 bits per heavy atom. The first-order valence-electron chi connectivity index (χ1n) is 9.49. The molecule has 32 heavy (non-hydrogen) atoms. The van der Waals surface area contributed by atoms with Gasteiger partial charge < -0.3 is 14.2 Å². The molecule has 3 aromatic carbocycles. The number of nitrogens with zero attached hydrogens (tertiary/aromatic N) is 1. The van der Waals surface area contributed by atoms with Crippen LogP contribution >= 0.6 is 27.5 Å². The molecular weight excluding hydrogens is 500 g/mol. The number of hydrogen-bond donors (Lipinski definition) is 1. The number of halogens is 2. The first kappa shape index (κ1) is 21.9. The number of carbonyl (C=O) groups excluding carboxylic acids is 2. The minimum atomic E-state index is -0.845. The van der Waals surface area contributed by atoms with Crippen molar-refractivity contribution in [2.75, 3.05) is 6.61 Å². The SMILES string of the molecule is O=C(Oc1ccc(Br)cc1/C=N/NC(=O)C1COc2ccccc2O1)c1ccccc1Cl. The number of amides is 1. The van der Waals surface area contributed by atoms with Crippen LogP contribution in [-0.2, 0) is 4.79 Å². The van der Waals surface area contributed by atoms with E-state index < -0.39 is 18.0 Å². The van der Waals surface area contributed by atoms with Crippen LogP contribution in [0.1, 0.15) is 15.9 Å². The third-order valence-electron chi connectivity index (χ3n) is 4.45. The second kappa shape index (κ2) is 9.84. The lowest BCUT2D eigenvalue weighted by Crippen LogP contribution is -2.42. The molecule has 0 aliphatic carbocycles. The van der Waals surface area contributed by atoms with E-state index in [9.17, 15) is 9.59 Å². The average molecular weight is 516 g/mol. The molecular formula is C23H16BrClN2O5. The Morgan fingerprint density at radius 1 is 1.09 bits per heavy atom. The van der Waals surface area contributed by atoms with Crippen LogP contribution in [0.2, 0.25) is 5.02 Å². The molecule has 3 aromatic rings. The van der Waals surface area contributed by atoms with Crippen LogP contribution in [0.5, 0.6) is 17.2 Å². The number of fused-ring (bicyclic) bond motifs is 1. The largest absolute Gasteiger partial charge is 0.485 e. The third-order valence-corrected chi connectivity index (χ3v) is 5.27. The van der Waals surface area contributed by atoms with Gasteiger partial charge in [-0.25, -0.2) is 10.2 Å². The molecule has 1 unspecified atom stereocenters. The third kappa shape index (κ3) is 5.09. The summed E-state index contributed by atoms with van der Waals surface area (Å²) in [5.41, 5.74) is 3.12. The Hall–Kier alpha value is -3.36. The predicted molar refractivity (Wildman–Crippen MR) is 123 cm³/mol. The standard InChI is InChI=1S/C23H16BrClN2O5/c24-15-9-10-18(32-23(29)16-5-1-2-6-17(16)25)14(11-15)12-26-27-22(28)21-13-30-19-7-3-4-8-20(19)31-21/h1-12,21H,13H2,(H,27,28)/b26-12+. The first-order valence-corrected chi connectivity index (χ1v) is 10.7. The van der Waals surface area contributed by atoms with E-state index in [4.69, 9.17) is 25.8 Å². The van der Waals surface area contributed by atoms with Crippen molar-refractivity contribution in [1.82, 2.24) is 5.43 Å². The number of hydrazone groups is 1. The number of benzene rings is 3. The Labute approximate surface area is 197 Å². The summed E-state index contributed by atoms with van der Waals surface area (Å²) < 4.78 is 17.4. The summed E-state index contributed by atoms with van der Waals surface area (Å²) in [7, 11) is 0. The molecule has 0 bridgehead atoms. The van der Waals surface area contributed by atoms with E-state index in [0.29, 0.717) is 17.1 Å². The predicted octanol–water partition coefficient (Wildman–Crippen LogP) is 4.61. The van der Waals surface area contributed by atoms with Crippen molar-refractivity contribution >= 4 is 45.6 Å². The van der Waals surface area contributed by atoms with Gasteiger partial charge >= 0.3 is 5.97 Å². The van der Waals surface area contributed by atoms with Gasteiger partial charge in [-0.15, -0.1) is 0 Å². The fourth-order valence-electron chi connectivity index (χ4n) is 2.88. The molecule has 1 atom stereocenters. The van der Waals surface area contributed by atoms with Crippen molar-refractivity contribution in [2.45, 2.75) is 6.10 Å². The van der Waals surface area contributed by atoms with Crippen molar-refractivity contribution in [3.63, 3.8) is 0 Å². The summed E-state index contributed by atoms with van der Waals surface area (Å²) in [6.45, 7) is 0.0654. The molecule has 0 saturated carbocycles. The maximum Gasteiger partial charge on any atom is 0.345 e. The van der Waals surface area contributed by atoms with Crippen LogP contribution in [0.4, 0.5) is 0 Å². The Balaban J connectivity index is 1.44. The highest BCUT2D eigenvalue weighted by molar-refractivity contribution is 9.10. The first-order chi connectivity index (χ1) is 15.5. The molecule has 0 aromatic heterocycles. The average Bonchev–Trinajstić information content (AvgIpc) is 2.80. The monoisotopic (exact) mass is 514 g/mol. The van der Waals surface area contributed by atoms with Gasteiger partial charge in [0, 0.05) is 10.0 Å². The second-order valence-corrected chi connectivity index (χ2v) is 7.97. The van der Waals surface area contributed by atoms with E-state index >= 15 is 0 Å². The number of rotatable bonds is 5. The van der Waals surface area contributed by atoms with Gasteiger partial charge in [-0.1, -0.05) is 51.8 Å². The summed E-state index contributed by atoms with van der Waals surface area (Å²) in [4.78, 5) is 24.9. The van der Waals surface area contributed by atoms with Crippen LogP contribution in [0.25, 0.3) is 0 Å². The Bertz CT molecular complexity index is 1200. The lowest BCUT2D eigenvalue weighted by Gasteiger charge is -2.24. The van der Waals surface area contributed by atoms with Crippen LogP contribution < -0.4 is 19.6 Å². The fourth-order valence-corrected chi connectivity index (χ4v) is 3.47. The topological polar surface area (TPSA) is 86.2 Å². The van der Waals surface area contributed by atoms with Crippen LogP contribution in [0.15, 0.2) is 76.3 Å². The summed E-state index contributed by atoms with van der Waals surface area (Å²) in [6, 6.07) is 18.7. The van der Waals surface area contributed by atoms with Gasteiger partial charge in [0.1, 0.15) is 12.4 Å². The lowest BCUT2D eigenvalue weighted by atomic mass is 10.2. The fraction of sp³-hybridized carbons (Fsp3) is 0.0870. The van der Waals surface area contributed by atoms with Crippen molar-refractivity contribution in [3.8, 4) is 17.2 Å². The smallest absolute Gasteiger partial charge is 0.345 e. The van der Waals surface area contributed by atoms with E-state index in [1.165, 1.54) is 6.21 Å². The summed E-state index contributed by atoms with van der Waals surface area (Å²) in [6.07, 6.45) is 0.525. The molecule has 4 rings (SSSR count). The molecule has 0 spiro atoms. The number of esters is 1. The van der Waals surface area contributed by atoms with E-state index in [2.05, 4.69) is 26.5 Å². The van der Waals surface area contributed by atoms with E-state index in [0.717, 1.165) is 4.47 Å². The zero-order valence-corrected chi connectivity index (χ0v) is 18.8. The van der Waals surface area contributed by atoms with E-state index in [1.54, 1.807) is 60.7 Å². The van der Waals surface area contributed by atoms with Crippen LogP contribution in [-0.4, -0.2) is 30.8 Å². The maximum absolute atomic E-state index is 12.5. The van der Waals surface area contributed by atoms with Gasteiger partial charge in [0.15, 0.2) is 11.5 Å². The molecule has 162 valence electrons. The zero-order valence-electron chi connectivity index (χ0n) is 16.5. The molecule has 1 aliphatic heterocycles. The quantitative estimate of drug-likeness (QED) is 0.232. The molecule has 9 heteroatoms. The van der Waals surface area contributed by atoms with Crippen molar-refractivity contribution in [2.24, 2.45) is 5.10 Å². The highest BCUT2D eigenvalue weighted by Crippen LogP contribution is 2.31. The van der Waals surface area contributed by atoms with Gasteiger partial charge in [0.25, 0.3) is 5.91 Å². The normalized spacial score (nSPS) is 14.8. The number of para-hydroxylation sites is 2.